The Labute approximate surface area is 161 Å². The minimum absolute atomic E-state index is 0. The number of carbonyl (C=O) groups excluding carboxylic acids is 1. The number of rotatable bonds is 6. The molecule has 2 N–H and O–H groups in total. The predicted molar refractivity (Wildman–Crippen MR) is 102 cm³/mol. The number of halogens is 2. The molecule has 0 amide bonds. The van der Waals surface area contributed by atoms with Crippen LogP contribution in [0.2, 0.25) is 0 Å². The van der Waals surface area contributed by atoms with E-state index in [9.17, 15) is 13.2 Å². The van der Waals surface area contributed by atoms with Gasteiger partial charge in [0.1, 0.15) is 0 Å². The van der Waals surface area contributed by atoms with Gasteiger partial charge in [0.05, 0.1) is 17.6 Å². The molecule has 1 fully saturated rings. The minimum Gasteiger partial charge on any atom is -0.465 e. The molecular formula is C15H25Cl2N3O4S. The second-order valence-electron chi connectivity index (χ2n) is 5.46. The van der Waals surface area contributed by atoms with Gasteiger partial charge in [0.25, 0.3) is 0 Å². The van der Waals surface area contributed by atoms with Gasteiger partial charge in [-0.2, -0.15) is 0 Å². The Morgan fingerprint density at radius 3 is 2.52 bits per heavy atom. The molecule has 0 aliphatic carbocycles. The van der Waals surface area contributed by atoms with Crippen LogP contribution < -0.4 is 10.0 Å². The molecule has 1 aromatic rings. The summed E-state index contributed by atoms with van der Waals surface area (Å²) in [5.41, 5.74) is 0.813. The molecule has 1 heterocycles. The number of nitrogens with zero attached hydrogens (tertiary/aromatic N) is 1. The van der Waals surface area contributed by atoms with E-state index in [0.717, 1.165) is 26.2 Å². The van der Waals surface area contributed by atoms with Crippen LogP contribution in [0.4, 0.5) is 0 Å². The zero-order valence-corrected chi connectivity index (χ0v) is 16.7. The molecule has 25 heavy (non-hydrogen) atoms. The van der Waals surface area contributed by atoms with Crippen molar-refractivity contribution < 1.29 is 17.9 Å². The first kappa shape index (κ1) is 24.1. The molecule has 0 aromatic heterocycles. The summed E-state index contributed by atoms with van der Waals surface area (Å²) in [6.07, 6.45) is 0. The number of hydrogen-bond donors (Lipinski definition) is 2. The van der Waals surface area contributed by atoms with E-state index in [1.165, 1.54) is 13.2 Å². The molecule has 7 nitrogen and oxygen atoms in total. The molecule has 0 bridgehead atoms. The molecule has 1 aliphatic rings. The summed E-state index contributed by atoms with van der Waals surface area (Å²) in [6.45, 7) is 6.38. The van der Waals surface area contributed by atoms with Crippen molar-refractivity contribution in [2.24, 2.45) is 0 Å². The number of hydrogen-bond acceptors (Lipinski definition) is 6. The number of methoxy groups -OCH3 is 1. The fourth-order valence-electron chi connectivity index (χ4n) is 2.49. The molecular weight excluding hydrogens is 389 g/mol. The lowest BCUT2D eigenvalue weighted by molar-refractivity contribution is 0.0600. The fraction of sp³-hybridized carbons (Fsp3) is 0.533. The lowest BCUT2D eigenvalue weighted by Gasteiger charge is -2.27. The second-order valence-corrected chi connectivity index (χ2v) is 7.20. The third kappa shape index (κ3) is 6.73. The molecule has 0 spiro atoms. The first-order chi connectivity index (χ1) is 10.9. The van der Waals surface area contributed by atoms with E-state index in [1.807, 2.05) is 0 Å². The Kier molecular flexibility index (Phi) is 10.6. The highest BCUT2D eigenvalue weighted by atomic mass is 35.5. The Hall–Kier alpha value is -0.900. The van der Waals surface area contributed by atoms with Gasteiger partial charge in [0, 0.05) is 39.3 Å². The lowest BCUT2D eigenvalue weighted by Crippen LogP contribution is -2.46. The van der Waals surface area contributed by atoms with Crippen LogP contribution in [0, 0.1) is 6.92 Å². The van der Waals surface area contributed by atoms with Gasteiger partial charge in [-0.1, -0.05) is 6.07 Å². The highest BCUT2D eigenvalue weighted by Crippen LogP contribution is 2.17. The normalized spacial score (nSPS) is 15.0. The maximum atomic E-state index is 12.5. The summed E-state index contributed by atoms with van der Waals surface area (Å²) < 4.78 is 32.2. The van der Waals surface area contributed by atoms with E-state index < -0.39 is 16.0 Å². The average Bonchev–Trinajstić information content (AvgIpc) is 2.55. The summed E-state index contributed by atoms with van der Waals surface area (Å²) in [7, 11) is -2.39. The molecule has 0 atom stereocenters. The van der Waals surface area contributed by atoms with Gasteiger partial charge in [-0.3, -0.25) is 4.90 Å². The maximum Gasteiger partial charge on any atom is 0.337 e. The van der Waals surface area contributed by atoms with Gasteiger partial charge in [-0.15, -0.1) is 24.8 Å². The summed E-state index contributed by atoms with van der Waals surface area (Å²) in [5, 5.41) is 3.25. The molecule has 10 heteroatoms. The van der Waals surface area contributed by atoms with Gasteiger partial charge < -0.3 is 10.1 Å². The molecule has 2 rings (SSSR count). The number of sulfonamides is 1. The van der Waals surface area contributed by atoms with Crippen LogP contribution in [-0.2, 0) is 14.8 Å². The van der Waals surface area contributed by atoms with Crippen molar-refractivity contribution in [3.63, 3.8) is 0 Å². The average molecular weight is 414 g/mol. The summed E-state index contributed by atoms with van der Waals surface area (Å²) >= 11 is 0. The SMILES string of the molecule is COC(=O)c1ccc(C)c(S(=O)(=O)NCCN2CCNCC2)c1.Cl.Cl. The van der Waals surface area contributed by atoms with E-state index in [-0.39, 0.29) is 35.3 Å². The Bertz CT molecular complexity index is 665. The zero-order valence-electron chi connectivity index (χ0n) is 14.3. The highest BCUT2D eigenvalue weighted by molar-refractivity contribution is 7.89. The van der Waals surface area contributed by atoms with Crippen LogP contribution >= 0.6 is 24.8 Å². The van der Waals surface area contributed by atoms with Gasteiger partial charge in [0.15, 0.2) is 0 Å². The van der Waals surface area contributed by atoms with Gasteiger partial charge >= 0.3 is 5.97 Å². The second kappa shape index (κ2) is 10.9. The van der Waals surface area contributed by atoms with E-state index in [0.29, 0.717) is 18.7 Å². The lowest BCUT2D eigenvalue weighted by atomic mass is 10.1. The Morgan fingerprint density at radius 2 is 1.92 bits per heavy atom. The van der Waals surface area contributed by atoms with Crippen molar-refractivity contribution in [3.8, 4) is 0 Å². The van der Waals surface area contributed by atoms with E-state index in [2.05, 4.69) is 19.7 Å². The van der Waals surface area contributed by atoms with Gasteiger partial charge in [-0.25, -0.2) is 17.9 Å². The van der Waals surface area contributed by atoms with Crippen molar-refractivity contribution in [3.05, 3.63) is 29.3 Å². The highest BCUT2D eigenvalue weighted by Gasteiger charge is 2.19. The third-order valence-electron chi connectivity index (χ3n) is 3.83. The maximum absolute atomic E-state index is 12.5. The van der Waals surface area contributed by atoms with Crippen molar-refractivity contribution >= 4 is 40.8 Å². The first-order valence-corrected chi connectivity index (χ1v) is 9.04. The van der Waals surface area contributed by atoms with Crippen molar-refractivity contribution in [1.82, 2.24) is 14.9 Å². The van der Waals surface area contributed by atoms with Crippen LogP contribution in [0.25, 0.3) is 0 Å². The van der Waals surface area contributed by atoms with Crippen LogP contribution in [0.15, 0.2) is 23.1 Å². The van der Waals surface area contributed by atoms with E-state index in [4.69, 9.17) is 0 Å². The molecule has 1 aliphatic heterocycles. The number of nitrogens with one attached hydrogen (secondary N) is 2. The van der Waals surface area contributed by atoms with Crippen LogP contribution in [0.5, 0.6) is 0 Å². The van der Waals surface area contributed by atoms with Crippen LogP contribution in [-0.4, -0.2) is 65.7 Å². The monoisotopic (exact) mass is 413 g/mol. The van der Waals surface area contributed by atoms with Gasteiger partial charge in [-0.05, 0) is 24.6 Å². The number of ether oxygens (including phenoxy) is 1. The largest absolute Gasteiger partial charge is 0.465 e. The van der Waals surface area contributed by atoms with Crippen LogP contribution in [0.3, 0.4) is 0 Å². The fourth-order valence-corrected chi connectivity index (χ4v) is 3.77. The summed E-state index contributed by atoms with van der Waals surface area (Å²) in [4.78, 5) is 13.9. The summed E-state index contributed by atoms with van der Waals surface area (Å²) in [6, 6.07) is 4.52. The molecule has 0 unspecified atom stereocenters. The van der Waals surface area contributed by atoms with Crippen molar-refractivity contribution in [2.45, 2.75) is 11.8 Å². The first-order valence-electron chi connectivity index (χ1n) is 7.56. The van der Waals surface area contributed by atoms with E-state index in [1.54, 1.807) is 19.1 Å². The predicted octanol–water partition coefficient (Wildman–Crippen LogP) is 0.809. The number of carbonyl (C=O) groups is 1. The standard InChI is InChI=1S/C15H23N3O4S.2ClH/c1-12-3-4-13(15(19)22-2)11-14(12)23(20,21)17-7-10-18-8-5-16-6-9-18;;/h3-4,11,16-17H,5-10H2,1-2H3;2*1H. The third-order valence-corrected chi connectivity index (χ3v) is 5.43. The smallest absolute Gasteiger partial charge is 0.337 e. The quantitative estimate of drug-likeness (QED) is 0.670. The molecule has 0 saturated carbocycles. The number of aryl methyl sites for hydroxylation is 1. The van der Waals surface area contributed by atoms with Crippen LogP contribution in [0.1, 0.15) is 15.9 Å². The minimum atomic E-state index is -3.66. The van der Waals surface area contributed by atoms with Gasteiger partial charge in [0.2, 0.25) is 10.0 Å². The van der Waals surface area contributed by atoms with E-state index >= 15 is 0 Å². The van der Waals surface area contributed by atoms with Crippen molar-refractivity contribution in [2.75, 3.05) is 46.4 Å². The number of benzene rings is 1. The van der Waals surface area contributed by atoms with Crippen molar-refractivity contribution in [1.29, 1.82) is 0 Å². The molecule has 144 valence electrons. The molecule has 1 saturated heterocycles. The summed E-state index contributed by atoms with van der Waals surface area (Å²) in [5.74, 6) is -0.553. The number of piperazine rings is 1. The molecule has 1 aromatic carbocycles. The topological polar surface area (TPSA) is 87.7 Å². The number of esters is 1. The zero-order chi connectivity index (χ0) is 16.9. The molecule has 0 radical (unpaired) electrons. The Balaban J connectivity index is 0.00000288. The Morgan fingerprint density at radius 1 is 1.28 bits per heavy atom.